The molecule has 1 saturated carbocycles. The maximum atomic E-state index is 6.70. The molecule has 2 fully saturated rings. The van der Waals surface area contributed by atoms with Gasteiger partial charge in [0.05, 0.1) is 13.2 Å². The third-order valence-electron chi connectivity index (χ3n) is 5.17. The molecule has 0 spiro atoms. The predicted octanol–water partition coefficient (Wildman–Crippen LogP) is 2.85. The van der Waals surface area contributed by atoms with E-state index in [9.17, 15) is 0 Å². The Morgan fingerprint density at radius 3 is 2.38 bits per heavy atom. The van der Waals surface area contributed by atoms with Crippen molar-refractivity contribution in [3.63, 3.8) is 0 Å². The Kier molecular flexibility index (Phi) is 4.85. The van der Waals surface area contributed by atoms with Gasteiger partial charge in [-0.15, -0.1) is 0 Å². The van der Waals surface area contributed by atoms with Gasteiger partial charge in [0.2, 0.25) is 0 Å². The van der Waals surface area contributed by atoms with Gasteiger partial charge in [0, 0.05) is 29.7 Å². The predicted molar refractivity (Wildman–Crippen MR) is 86.7 cm³/mol. The lowest BCUT2D eigenvalue weighted by Gasteiger charge is -2.47. The lowest BCUT2D eigenvalue weighted by molar-refractivity contribution is -0.0305. The van der Waals surface area contributed by atoms with Crippen molar-refractivity contribution in [3.8, 4) is 0 Å². The first-order valence-corrected chi connectivity index (χ1v) is 8.41. The lowest BCUT2D eigenvalue weighted by Crippen LogP contribution is -2.61. The summed E-state index contributed by atoms with van der Waals surface area (Å²) >= 11 is 5.97. The van der Waals surface area contributed by atoms with Crippen molar-refractivity contribution in [2.45, 2.75) is 43.7 Å². The molecule has 4 heteroatoms. The van der Waals surface area contributed by atoms with Crippen molar-refractivity contribution in [3.05, 3.63) is 34.9 Å². The topological polar surface area (TPSA) is 38.5 Å². The molecule has 21 heavy (non-hydrogen) atoms. The first-order chi connectivity index (χ1) is 10.2. The van der Waals surface area contributed by atoms with Crippen LogP contribution in [0.15, 0.2) is 24.3 Å². The van der Waals surface area contributed by atoms with E-state index in [1.54, 1.807) is 0 Å². The average Bonchev–Trinajstić information content (AvgIpc) is 3.01. The fourth-order valence-corrected chi connectivity index (χ4v) is 4.11. The summed E-state index contributed by atoms with van der Waals surface area (Å²) in [6.07, 6.45) is 5.97. The smallest absolute Gasteiger partial charge is 0.0594 e. The van der Waals surface area contributed by atoms with Gasteiger partial charge in [0.1, 0.15) is 0 Å². The minimum Gasteiger partial charge on any atom is -0.379 e. The van der Waals surface area contributed by atoms with Gasteiger partial charge < -0.3 is 10.5 Å². The first-order valence-electron chi connectivity index (χ1n) is 8.03. The number of ether oxygens (including phenoxy) is 1. The largest absolute Gasteiger partial charge is 0.379 e. The van der Waals surface area contributed by atoms with Gasteiger partial charge in [-0.2, -0.15) is 0 Å². The molecule has 1 aliphatic heterocycles. The summed E-state index contributed by atoms with van der Waals surface area (Å²) < 4.78 is 5.52. The molecule has 0 aromatic heterocycles. The van der Waals surface area contributed by atoms with Crippen LogP contribution in [-0.2, 0) is 11.2 Å². The van der Waals surface area contributed by atoms with E-state index in [2.05, 4.69) is 17.0 Å². The zero-order valence-corrected chi connectivity index (χ0v) is 13.3. The zero-order valence-electron chi connectivity index (χ0n) is 12.6. The molecular formula is C17H25ClN2O. The molecule has 2 N–H and O–H groups in total. The highest BCUT2D eigenvalue weighted by molar-refractivity contribution is 6.30. The Labute approximate surface area is 132 Å². The van der Waals surface area contributed by atoms with E-state index in [4.69, 9.17) is 22.1 Å². The first kappa shape index (κ1) is 15.3. The quantitative estimate of drug-likeness (QED) is 0.929. The molecule has 1 aromatic rings. The van der Waals surface area contributed by atoms with Gasteiger partial charge in [-0.1, -0.05) is 36.6 Å². The van der Waals surface area contributed by atoms with E-state index in [0.717, 1.165) is 37.7 Å². The highest BCUT2D eigenvalue weighted by Gasteiger charge is 2.44. The number of morpholine rings is 1. The Hall–Kier alpha value is -0.610. The average molecular weight is 309 g/mol. The van der Waals surface area contributed by atoms with Crippen LogP contribution in [0.1, 0.15) is 31.2 Å². The van der Waals surface area contributed by atoms with Crippen molar-refractivity contribution in [1.82, 2.24) is 4.90 Å². The Morgan fingerprint density at radius 1 is 1.14 bits per heavy atom. The van der Waals surface area contributed by atoms with Crippen LogP contribution in [0.5, 0.6) is 0 Å². The Morgan fingerprint density at radius 2 is 1.76 bits per heavy atom. The number of rotatable bonds is 4. The van der Waals surface area contributed by atoms with Crippen LogP contribution in [-0.4, -0.2) is 42.8 Å². The van der Waals surface area contributed by atoms with E-state index >= 15 is 0 Å². The molecule has 0 bridgehead atoms. The van der Waals surface area contributed by atoms with Crippen LogP contribution in [0.25, 0.3) is 0 Å². The highest BCUT2D eigenvalue weighted by Crippen LogP contribution is 2.39. The standard InChI is InChI=1S/C17H25ClN2O/c18-15-5-3-14(4-6-15)13-16(19)17(7-1-2-8-17)20-9-11-21-12-10-20/h3-6,16H,1-2,7-13,19H2. The number of halogens is 1. The van der Waals surface area contributed by atoms with Crippen molar-refractivity contribution >= 4 is 11.6 Å². The summed E-state index contributed by atoms with van der Waals surface area (Å²) in [6.45, 7) is 3.73. The number of nitrogens with zero attached hydrogens (tertiary/aromatic N) is 1. The molecule has 1 atom stereocenters. The van der Waals surface area contributed by atoms with Crippen LogP contribution in [0, 0.1) is 0 Å². The fraction of sp³-hybridized carbons (Fsp3) is 0.647. The fourth-order valence-electron chi connectivity index (χ4n) is 3.98. The summed E-state index contributed by atoms with van der Waals surface area (Å²) in [5, 5.41) is 0.788. The minimum atomic E-state index is 0.170. The van der Waals surface area contributed by atoms with Crippen molar-refractivity contribution < 1.29 is 4.74 Å². The van der Waals surface area contributed by atoms with Crippen molar-refractivity contribution in [2.75, 3.05) is 26.3 Å². The second-order valence-corrected chi connectivity index (χ2v) is 6.78. The summed E-state index contributed by atoms with van der Waals surface area (Å²) in [5.74, 6) is 0. The monoisotopic (exact) mass is 308 g/mol. The molecule has 2 aliphatic rings. The molecule has 1 aromatic carbocycles. The Bertz CT molecular complexity index is 450. The maximum Gasteiger partial charge on any atom is 0.0594 e. The Balaban J connectivity index is 1.74. The maximum absolute atomic E-state index is 6.70. The van der Waals surface area contributed by atoms with Crippen LogP contribution in [0.3, 0.4) is 0 Å². The number of hydrogen-bond acceptors (Lipinski definition) is 3. The summed E-state index contributed by atoms with van der Waals surface area (Å²) in [4.78, 5) is 2.60. The van der Waals surface area contributed by atoms with E-state index in [0.29, 0.717) is 0 Å². The lowest BCUT2D eigenvalue weighted by atomic mass is 9.82. The van der Waals surface area contributed by atoms with Crippen molar-refractivity contribution in [1.29, 1.82) is 0 Å². The highest BCUT2D eigenvalue weighted by atomic mass is 35.5. The summed E-state index contributed by atoms with van der Waals surface area (Å²) in [5.41, 5.74) is 8.15. The van der Waals surface area contributed by atoms with Crippen LogP contribution in [0.2, 0.25) is 5.02 Å². The molecule has 0 amide bonds. The summed E-state index contributed by atoms with van der Waals surface area (Å²) in [7, 11) is 0. The molecular weight excluding hydrogens is 284 g/mol. The molecule has 116 valence electrons. The molecule has 3 rings (SSSR count). The van der Waals surface area contributed by atoms with E-state index in [-0.39, 0.29) is 11.6 Å². The normalized spacial score (nSPS) is 24.1. The molecule has 3 nitrogen and oxygen atoms in total. The molecule has 1 heterocycles. The van der Waals surface area contributed by atoms with Crippen LogP contribution < -0.4 is 5.73 Å². The van der Waals surface area contributed by atoms with E-state index in [1.807, 2.05) is 12.1 Å². The zero-order chi connectivity index (χ0) is 14.7. The third-order valence-corrected chi connectivity index (χ3v) is 5.42. The second kappa shape index (κ2) is 6.66. The van der Waals surface area contributed by atoms with Gasteiger partial charge in [-0.25, -0.2) is 0 Å². The third kappa shape index (κ3) is 3.26. The number of benzene rings is 1. The molecule has 1 unspecified atom stereocenters. The molecule has 0 radical (unpaired) electrons. The second-order valence-electron chi connectivity index (χ2n) is 6.35. The van der Waals surface area contributed by atoms with Crippen molar-refractivity contribution in [2.24, 2.45) is 5.73 Å². The summed E-state index contributed by atoms with van der Waals surface area (Å²) in [6, 6.07) is 8.30. The van der Waals surface area contributed by atoms with E-state index in [1.165, 1.54) is 31.2 Å². The minimum absolute atomic E-state index is 0.170. The van der Waals surface area contributed by atoms with Crippen LogP contribution >= 0.6 is 11.6 Å². The van der Waals surface area contributed by atoms with Gasteiger partial charge in [0.15, 0.2) is 0 Å². The van der Waals surface area contributed by atoms with E-state index < -0.39 is 0 Å². The SMILES string of the molecule is NC(Cc1ccc(Cl)cc1)C1(N2CCOCC2)CCCC1. The number of hydrogen-bond donors (Lipinski definition) is 1. The van der Waals surface area contributed by atoms with Crippen LogP contribution in [0.4, 0.5) is 0 Å². The van der Waals surface area contributed by atoms with Gasteiger partial charge in [-0.3, -0.25) is 4.90 Å². The van der Waals surface area contributed by atoms with Gasteiger partial charge in [-0.05, 0) is 37.0 Å². The van der Waals surface area contributed by atoms with Gasteiger partial charge >= 0.3 is 0 Å². The molecule has 1 aliphatic carbocycles. The van der Waals surface area contributed by atoms with Gasteiger partial charge in [0.25, 0.3) is 0 Å². The number of nitrogens with two attached hydrogens (primary N) is 1. The molecule has 1 saturated heterocycles.